The summed E-state index contributed by atoms with van der Waals surface area (Å²) in [4.78, 5) is 25.6. The fourth-order valence-electron chi connectivity index (χ4n) is 5.33. The Morgan fingerprint density at radius 3 is 2.65 bits per heavy atom. The van der Waals surface area contributed by atoms with Crippen molar-refractivity contribution >= 4 is 11.6 Å². The third kappa shape index (κ3) is 3.41. The molecule has 1 aromatic heterocycles. The van der Waals surface area contributed by atoms with E-state index < -0.39 is 4.92 Å². The molecule has 1 unspecified atom stereocenters. The maximum atomic E-state index is 13.3. The van der Waals surface area contributed by atoms with E-state index in [0.717, 1.165) is 42.7 Å². The lowest BCUT2D eigenvalue weighted by Gasteiger charge is -2.46. The van der Waals surface area contributed by atoms with Gasteiger partial charge in [0.2, 0.25) is 5.91 Å². The van der Waals surface area contributed by atoms with Crippen LogP contribution in [0, 0.1) is 10.1 Å². The van der Waals surface area contributed by atoms with Crippen LogP contribution in [0.5, 0.6) is 11.5 Å². The average Bonchev–Trinajstić information content (AvgIpc) is 3.44. The van der Waals surface area contributed by atoms with Crippen LogP contribution < -0.4 is 9.47 Å². The number of nitrogens with zero attached hydrogens (tertiary/aromatic N) is 4. The SMILES string of the molecule is CC1c2cc3c(cc2C2(CCCC2)CN1C(=O)CCn1cc([N+](=O)[O-])cn1)OCCO3. The number of fused-ring (bicyclic) bond motifs is 3. The Balaban J connectivity index is 1.41. The summed E-state index contributed by atoms with van der Waals surface area (Å²) in [5.74, 6) is 1.60. The second kappa shape index (κ2) is 7.55. The normalized spacial score (nSPS) is 21.2. The highest BCUT2D eigenvalue weighted by Crippen LogP contribution is 2.52. The molecule has 9 heteroatoms. The van der Waals surface area contributed by atoms with Gasteiger partial charge in [0, 0.05) is 24.9 Å². The fraction of sp³-hybridized carbons (Fsp3) is 0.545. The van der Waals surface area contributed by atoms with Crippen LogP contribution in [-0.4, -0.2) is 45.3 Å². The van der Waals surface area contributed by atoms with Crippen LogP contribution in [0.2, 0.25) is 0 Å². The highest BCUT2D eigenvalue weighted by molar-refractivity contribution is 5.77. The number of aromatic nitrogens is 2. The average molecular weight is 426 g/mol. The van der Waals surface area contributed by atoms with Gasteiger partial charge in [-0.25, -0.2) is 0 Å². The summed E-state index contributed by atoms with van der Waals surface area (Å²) in [6.07, 6.45) is 7.25. The van der Waals surface area contributed by atoms with E-state index in [4.69, 9.17) is 9.47 Å². The van der Waals surface area contributed by atoms with E-state index in [0.29, 0.717) is 26.3 Å². The van der Waals surface area contributed by atoms with E-state index in [2.05, 4.69) is 24.2 Å². The molecule has 1 amide bonds. The van der Waals surface area contributed by atoms with Crippen molar-refractivity contribution < 1.29 is 19.2 Å². The minimum Gasteiger partial charge on any atom is -0.486 e. The molecule has 1 fully saturated rings. The van der Waals surface area contributed by atoms with E-state index >= 15 is 0 Å². The van der Waals surface area contributed by atoms with E-state index in [1.54, 1.807) is 0 Å². The number of nitro groups is 1. The van der Waals surface area contributed by atoms with Gasteiger partial charge in [-0.3, -0.25) is 19.6 Å². The first-order valence-electron chi connectivity index (χ1n) is 10.9. The summed E-state index contributed by atoms with van der Waals surface area (Å²) in [5.41, 5.74) is 2.33. The molecular weight excluding hydrogens is 400 g/mol. The molecule has 1 aromatic carbocycles. The van der Waals surface area contributed by atoms with Crippen molar-refractivity contribution in [1.82, 2.24) is 14.7 Å². The summed E-state index contributed by atoms with van der Waals surface area (Å²) >= 11 is 0. The lowest BCUT2D eigenvalue weighted by Crippen LogP contribution is -2.48. The number of hydrogen-bond acceptors (Lipinski definition) is 6. The summed E-state index contributed by atoms with van der Waals surface area (Å²) < 4.78 is 13.1. The molecule has 1 aliphatic carbocycles. The van der Waals surface area contributed by atoms with E-state index in [9.17, 15) is 14.9 Å². The molecule has 5 rings (SSSR count). The van der Waals surface area contributed by atoms with Gasteiger partial charge in [0.1, 0.15) is 25.6 Å². The Bertz CT molecular complexity index is 1030. The van der Waals surface area contributed by atoms with Crippen molar-refractivity contribution in [3.63, 3.8) is 0 Å². The molecule has 1 spiro atoms. The summed E-state index contributed by atoms with van der Waals surface area (Å²) in [7, 11) is 0. The maximum absolute atomic E-state index is 13.3. The topological polar surface area (TPSA) is 99.7 Å². The van der Waals surface area contributed by atoms with E-state index in [-0.39, 0.29) is 29.5 Å². The Morgan fingerprint density at radius 2 is 1.97 bits per heavy atom. The molecule has 0 saturated heterocycles. The largest absolute Gasteiger partial charge is 0.486 e. The third-order valence-corrected chi connectivity index (χ3v) is 6.94. The molecule has 1 saturated carbocycles. The smallest absolute Gasteiger partial charge is 0.306 e. The van der Waals surface area contributed by atoms with Crippen molar-refractivity contribution in [2.24, 2.45) is 0 Å². The first-order chi connectivity index (χ1) is 15.0. The minimum atomic E-state index is -0.481. The molecular formula is C22H26N4O5. The van der Waals surface area contributed by atoms with Crippen molar-refractivity contribution in [2.75, 3.05) is 19.8 Å². The van der Waals surface area contributed by atoms with Crippen molar-refractivity contribution in [1.29, 1.82) is 0 Å². The van der Waals surface area contributed by atoms with Gasteiger partial charge in [-0.05, 0) is 43.0 Å². The van der Waals surface area contributed by atoms with Gasteiger partial charge in [-0.15, -0.1) is 0 Å². The summed E-state index contributed by atoms with van der Waals surface area (Å²) in [6.45, 7) is 4.16. The summed E-state index contributed by atoms with van der Waals surface area (Å²) in [6, 6.07) is 4.14. The van der Waals surface area contributed by atoms with Crippen LogP contribution in [0.4, 0.5) is 5.69 Å². The molecule has 3 heterocycles. The van der Waals surface area contributed by atoms with Crippen LogP contribution in [-0.2, 0) is 16.8 Å². The molecule has 31 heavy (non-hydrogen) atoms. The van der Waals surface area contributed by atoms with Gasteiger partial charge in [-0.1, -0.05) is 12.8 Å². The lowest BCUT2D eigenvalue weighted by molar-refractivity contribution is -0.385. The number of aryl methyl sites for hydroxylation is 1. The Labute approximate surface area is 180 Å². The number of benzene rings is 1. The first kappa shape index (κ1) is 19.8. The predicted molar refractivity (Wildman–Crippen MR) is 111 cm³/mol. The van der Waals surface area contributed by atoms with Gasteiger partial charge in [0.15, 0.2) is 11.5 Å². The highest BCUT2D eigenvalue weighted by atomic mass is 16.6. The van der Waals surface area contributed by atoms with Gasteiger partial charge in [0.05, 0.1) is 11.0 Å². The monoisotopic (exact) mass is 426 g/mol. The van der Waals surface area contributed by atoms with Gasteiger partial charge in [0.25, 0.3) is 0 Å². The molecule has 0 radical (unpaired) electrons. The maximum Gasteiger partial charge on any atom is 0.306 e. The molecule has 164 valence electrons. The summed E-state index contributed by atoms with van der Waals surface area (Å²) in [5, 5.41) is 14.9. The van der Waals surface area contributed by atoms with Gasteiger partial charge >= 0.3 is 5.69 Å². The van der Waals surface area contributed by atoms with E-state index in [1.807, 2.05) is 4.90 Å². The van der Waals surface area contributed by atoms with Gasteiger partial charge in [-0.2, -0.15) is 5.10 Å². The molecule has 0 bridgehead atoms. The van der Waals surface area contributed by atoms with Crippen molar-refractivity contribution in [3.05, 3.63) is 45.8 Å². The first-order valence-corrected chi connectivity index (χ1v) is 10.9. The Kier molecular flexibility index (Phi) is 4.83. The molecule has 2 aliphatic heterocycles. The van der Waals surface area contributed by atoms with Gasteiger partial charge < -0.3 is 14.4 Å². The number of carbonyl (C=O) groups excluding carboxylic acids is 1. The quantitative estimate of drug-likeness (QED) is 0.549. The zero-order chi connectivity index (χ0) is 21.6. The standard InChI is InChI=1S/C22H26N4O5/c1-15-17-10-19-20(31-9-8-30-19)11-18(17)22(5-2-3-6-22)14-25(15)21(27)4-7-24-13-16(12-23-24)26(28)29/h10-13,15H,2-9,14H2,1H3. The second-order valence-corrected chi connectivity index (χ2v) is 8.74. The third-order valence-electron chi connectivity index (χ3n) is 6.94. The number of ether oxygens (including phenoxy) is 2. The molecule has 3 aliphatic rings. The molecule has 0 N–H and O–H groups in total. The Morgan fingerprint density at radius 1 is 1.26 bits per heavy atom. The van der Waals surface area contributed by atoms with Crippen LogP contribution >= 0.6 is 0 Å². The zero-order valence-electron chi connectivity index (χ0n) is 17.6. The molecule has 9 nitrogen and oxygen atoms in total. The van der Waals surface area contributed by atoms with Crippen molar-refractivity contribution in [2.45, 2.75) is 57.0 Å². The van der Waals surface area contributed by atoms with Crippen molar-refractivity contribution in [3.8, 4) is 11.5 Å². The number of amides is 1. The number of rotatable bonds is 4. The van der Waals surface area contributed by atoms with Crippen LogP contribution in [0.25, 0.3) is 0 Å². The van der Waals surface area contributed by atoms with Crippen LogP contribution in [0.1, 0.15) is 56.2 Å². The Hall–Kier alpha value is -3.10. The predicted octanol–water partition coefficient (Wildman–Crippen LogP) is 3.37. The number of hydrogen-bond donors (Lipinski definition) is 0. The van der Waals surface area contributed by atoms with Crippen LogP contribution in [0.15, 0.2) is 24.5 Å². The second-order valence-electron chi connectivity index (χ2n) is 8.74. The number of carbonyl (C=O) groups is 1. The molecule has 2 aromatic rings. The van der Waals surface area contributed by atoms with Crippen LogP contribution in [0.3, 0.4) is 0 Å². The van der Waals surface area contributed by atoms with E-state index in [1.165, 1.54) is 22.6 Å². The molecule has 1 atom stereocenters. The minimum absolute atomic E-state index is 0.0393. The highest BCUT2D eigenvalue weighted by Gasteiger charge is 2.46. The zero-order valence-corrected chi connectivity index (χ0v) is 17.6. The fourth-order valence-corrected chi connectivity index (χ4v) is 5.33. The lowest BCUT2D eigenvalue weighted by atomic mass is 9.71.